The molecule has 0 amide bonds. The highest BCUT2D eigenvalue weighted by Crippen LogP contribution is 2.28. The van der Waals surface area contributed by atoms with Crippen molar-refractivity contribution in [3.8, 4) is 5.75 Å². The van der Waals surface area contributed by atoms with Gasteiger partial charge in [-0.3, -0.25) is 10.1 Å². The Balaban J connectivity index is 0.000000200. The third kappa shape index (κ3) is 4.99. The number of phenolic OH excluding ortho intramolecular Hbond substituents is 1. The molecule has 19 heavy (non-hydrogen) atoms. The second-order valence-corrected chi connectivity index (χ2v) is 5.02. The molecule has 0 spiro atoms. The minimum Gasteiger partial charge on any atom is -0.502 e. The second-order valence-electron chi connectivity index (χ2n) is 3.32. The van der Waals surface area contributed by atoms with E-state index in [0.29, 0.717) is 9.94 Å². The molecule has 1 aromatic carbocycles. The van der Waals surface area contributed by atoms with E-state index >= 15 is 0 Å². The highest BCUT2D eigenvalue weighted by atomic mass is 79.9. The smallest absolute Gasteiger partial charge is 0.489 e. The van der Waals surface area contributed by atoms with Crippen LogP contribution >= 0.6 is 27.3 Å². The highest BCUT2D eigenvalue weighted by Gasteiger charge is 2.12. The lowest BCUT2D eigenvalue weighted by molar-refractivity contribution is -0.385. The summed E-state index contributed by atoms with van der Waals surface area (Å²) in [6, 6.07) is 5.72. The van der Waals surface area contributed by atoms with Gasteiger partial charge in [-0.1, -0.05) is 22.0 Å². The average molecular weight is 346 g/mol. The SMILES string of the molecule is O=[N+]([O-])c1cc(Br)ccc1O.OB(O)c1ccsc1. The van der Waals surface area contributed by atoms with E-state index in [1.54, 1.807) is 16.8 Å². The summed E-state index contributed by atoms with van der Waals surface area (Å²) in [6.45, 7) is 0. The number of phenols is 1. The normalized spacial score (nSPS) is 9.42. The Morgan fingerprint density at radius 2 is 2.00 bits per heavy atom. The first-order valence-electron chi connectivity index (χ1n) is 4.93. The number of hydrogen-bond donors (Lipinski definition) is 3. The number of halogens is 1. The fourth-order valence-corrected chi connectivity index (χ4v) is 2.09. The second kappa shape index (κ2) is 7.24. The summed E-state index contributed by atoms with van der Waals surface area (Å²) >= 11 is 4.50. The molecule has 0 aliphatic rings. The number of aromatic hydroxyl groups is 1. The molecule has 0 aliphatic carbocycles. The number of benzene rings is 1. The first-order valence-corrected chi connectivity index (χ1v) is 6.66. The summed E-state index contributed by atoms with van der Waals surface area (Å²) < 4.78 is 0.571. The van der Waals surface area contributed by atoms with Crippen molar-refractivity contribution >= 4 is 45.5 Å². The van der Waals surface area contributed by atoms with E-state index in [4.69, 9.17) is 15.2 Å². The Morgan fingerprint density at radius 3 is 2.37 bits per heavy atom. The predicted molar refractivity (Wildman–Crippen MR) is 76.6 cm³/mol. The molecule has 0 aliphatic heterocycles. The van der Waals surface area contributed by atoms with Crippen molar-refractivity contribution in [1.82, 2.24) is 0 Å². The van der Waals surface area contributed by atoms with Crippen LogP contribution in [0, 0.1) is 10.1 Å². The maximum Gasteiger partial charge on any atom is 0.489 e. The minimum absolute atomic E-state index is 0.292. The van der Waals surface area contributed by atoms with Gasteiger partial charge in [0.2, 0.25) is 0 Å². The zero-order valence-electron chi connectivity index (χ0n) is 9.43. The molecule has 0 saturated carbocycles. The van der Waals surface area contributed by atoms with Crippen LogP contribution in [-0.4, -0.2) is 27.2 Å². The topological polar surface area (TPSA) is 104 Å². The molecule has 9 heteroatoms. The Morgan fingerprint density at radius 1 is 1.32 bits per heavy atom. The van der Waals surface area contributed by atoms with E-state index in [2.05, 4.69) is 15.9 Å². The molecule has 2 aromatic rings. The molecular formula is C10H9BBrNO5S. The molecule has 0 fully saturated rings. The van der Waals surface area contributed by atoms with Gasteiger partial charge in [-0.05, 0) is 28.4 Å². The van der Waals surface area contributed by atoms with Crippen LogP contribution in [0.3, 0.4) is 0 Å². The molecule has 0 bridgehead atoms. The third-order valence-corrected chi connectivity index (χ3v) is 3.17. The van der Waals surface area contributed by atoms with Gasteiger partial charge in [-0.15, -0.1) is 0 Å². The fourth-order valence-electron chi connectivity index (χ4n) is 1.06. The zero-order chi connectivity index (χ0) is 14.4. The highest BCUT2D eigenvalue weighted by molar-refractivity contribution is 9.10. The standard InChI is InChI=1S/C6H4BrNO3.C4H5BO2S/c7-4-1-2-6(9)5(3-4)8(10)11;6-5(7)4-1-2-8-3-4/h1-3,9H;1-3,6-7H. The van der Waals surface area contributed by atoms with Crippen LogP contribution in [0.4, 0.5) is 5.69 Å². The van der Waals surface area contributed by atoms with Crippen molar-refractivity contribution < 1.29 is 20.1 Å². The van der Waals surface area contributed by atoms with Gasteiger partial charge < -0.3 is 15.2 Å². The van der Waals surface area contributed by atoms with Crippen molar-refractivity contribution in [1.29, 1.82) is 0 Å². The lowest BCUT2D eigenvalue weighted by Gasteiger charge is -1.94. The van der Waals surface area contributed by atoms with Gasteiger partial charge in [0.05, 0.1) is 4.92 Å². The maximum absolute atomic E-state index is 10.2. The molecule has 2 rings (SSSR count). The van der Waals surface area contributed by atoms with Gasteiger partial charge in [0.25, 0.3) is 0 Å². The van der Waals surface area contributed by atoms with Crippen molar-refractivity contribution in [2.45, 2.75) is 0 Å². The maximum atomic E-state index is 10.2. The van der Waals surface area contributed by atoms with Crippen LogP contribution in [0.25, 0.3) is 0 Å². The van der Waals surface area contributed by atoms with Crippen molar-refractivity contribution in [2.75, 3.05) is 0 Å². The van der Waals surface area contributed by atoms with Crippen molar-refractivity contribution in [2.24, 2.45) is 0 Å². The lowest BCUT2D eigenvalue weighted by Crippen LogP contribution is -2.27. The van der Waals surface area contributed by atoms with Crippen LogP contribution in [0.15, 0.2) is 39.5 Å². The molecule has 100 valence electrons. The number of nitro benzene ring substituents is 1. The number of nitro groups is 1. The van der Waals surface area contributed by atoms with Crippen LogP contribution in [0.2, 0.25) is 0 Å². The van der Waals surface area contributed by atoms with Crippen molar-refractivity contribution in [3.63, 3.8) is 0 Å². The van der Waals surface area contributed by atoms with E-state index < -0.39 is 12.0 Å². The minimum atomic E-state index is -1.30. The molecule has 0 radical (unpaired) electrons. The average Bonchev–Trinajstić information content (AvgIpc) is 2.86. The van der Waals surface area contributed by atoms with Crippen LogP contribution in [0.5, 0.6) is 5.75 Å². The molecule has 0 atom stereocenters. The van der Waals surface area contributed by atoms with Crippen molar-refractivity contribution in [3.05, 3.63) is 49.6 Å². The van der Waals surface area contributed by atoms with Gasteiger partial charge in [-0.2, -0.15) is 11.3 Å². The van der Waals surface area contributed by atoms with Gasteiger partial charge in [-0.25, -0.2) is 0 Å². The molecular weight excluding hydrogens is 337 g/mol. The van der Waals surface area contributed by atoms with Gasteiger partial charge >= 0.3 is 12.8 Å². The summed E-state index contributed by atoms with van der Waals surface area (Å²) in [5, 5.41) is 39.6. The first-order chi connectivity index (χ1) is 8.91. The van der Waals surface area contributed by atoms with E-state index in [1.165, 1.54) is 29.5 Å². The molecule has 3 N–H and O–H groups in total. The monoisotopic (exact) mass is 345 g/mol. The summed E-state index contributed by atoms with van der Waals surface area (Å²) in [6.07, 6.45) is 0. The third-order valence-electron chi connectivity index (χ3n) is 1.98. The van der Waals surface area contributed by atoms with E-state index in [9.17, 15) is 10.1 Å². The number of hydrogen-bond acceptors (Lipinski definition) is 6. The zero-order valence-corrected chi connectivity index (χ0v) is 11.8. The number of nitrogens with zero attached hydrogens (tertiary/aromatic N) is 1. The Labute approximate surface area is 121 Å². The fraction of sp³-hybridized carbons (Fsp3) is 0. The molecule has 0 saturated heterocycles. The van der Waals surface area contributed by atoms with Crippen LogP contribution < -0.4 is 5.46 Å². The van der Waals surface area contributed by atoms with E-state index in [-0.39, 0.29) is 11.4 Å². The molecule has 1 heterocycles. The summed E-state index contributed by atoms with van der Waals surface area (Å²) in [5.41, 5.74) is 0.273. The Kier molecular flexibility index (Phi) is 5.96. The quantitative estimate of drug-likeness (QED) is 0.434. The van der Waals surface area contributed by atoms with Gasteiger partial charge in [0.15, 0.2) is 5.75 Å². The van der Waals surface area contributed by atoms with Gasteiger partial charge in [0, 0.05) is 10.5 Å². The Bertz CT molecular complexity index is 549. The summed E-state index contributed by atoms with van der Waals surface area (Å²) in [4.78, 5) is 9.56. The molecule has 1 aromatic heterocycles. The summed E-state index contributed by atoms with van der Waals surface area (Å²) in [7, 11) is -1.30. The molecule has 6 nitrogen and oxygen atoms in total. The van der Waals surface area contributed by atoms with E-state index in [1.807, 2.05) is 0 Å². The lowest BCUT2D eigenvalue weighted by atomic mass is 9.83. The largest absolute Gasteiger partial charge is 0.502 e. The Hall–Kier alpha value is -1.42. The molecule has 0 unspecified atom stereocenters. The number of rotatable bonds is 2. The summed E-state index contributed by atoms with van der Waals surface area (Å²) in [5.74, 6) is -0.321. The number of thiophene rings is 1. The van der Waals surface area contributed by atoms with Crippen LogP contribution in [0.1, 0.15) is 0 Å². The predicted octanol–water partition coefficient (Wildman–Crippen LogP) is 1.49. The van der Waals surface area contributed by atoms with E-state index in [0.717, 1.165) is 0 Å². The van der Waals surface area contributed by atoms with Gasteiger partial charge in [0.1, 0.15) is 0 Å². The van der Waals surface area contributed by atoms with Crippen LogP contribution in [-0.2, 0) is 0 Å². The first kappa shape index (κ1) is 15.6.